The van der Waals surface area contributed by atoms with Crippen LogP contribution in [0.15, 0.2) is 47.4 Å². The smallest absolute Gasteiger partial charge is 0.253 e. The maximum Gasteiger partial charge on any atom is 0.253 e. The number of halogens is 1. The first kappa shape index (κ1) is 21.3. The number of nitrogens with zero attached hydrogens (tertiary/aromatic N) is 1. The van der Waals surface area contributed by atoms with E-state index in [1.807, 2.05) is 18.2 Å². The number of sulfonamides is 1. The predicted octanol–water partition coefficient (Wildman–Crippen LogP) is 4.71. The van der Waals surface area contributed by atoms with E-state index in [4.69, 9.17) is 11.6 Å². The highest BCUT2D eigenvalue weighted by atomic mass is 35.5. The Labute approximate surface area is 183 Å². The van der Waals surface area contributed by atoms with Gasteiger partial charge in [0.05, 0.1) is 21.5 Å². The summed E-state index contributed by atoms with van der Waals surface area (Å²) in [5.41, 5.74) is 2.58. The van der Waals surface area contributed by atoms with Crippen LogP contribution in [0.25, 0.3) is 0 Å². The van der Waals surface area contributed by atoms with Gasteiger partial charge in [-0.25, -0.2) is 8.42 Å². The number of hydrogen-bond donors (Lipinski definition) is 1. The molecule has 2 aromatic rings. The molecule has 5 nitrogen and oxygen atoms in total. The minimum Gasteiger partial charge on any atom is -0.345 e. The fraction of sp³-hybridized carbons (Fsp3) is 0.435. The highest BCUT2D eigenvalue weighted by Gasteiger charge is 2.28. The number of carbonyl (C=O) groups excluding carboxylic acids is 1. The standard InChI is InChI=1S/C23H27ClN2O3S/c24-21-13-12-18(30(28,29)26-14-5-1-2-6-15-26)16-20(21)23(27)25-22-11-7-9-17-8-3-4-10-19(17)22/h3-4,8,10,12-13,16,22H,1-2,5-7,9,11,14-15H2,(H,25,27). The number of fused-ring (bicyclic) bond motifs is 1. The third-order valence-electron chi connectivity index (χ3n) is 6.06. The molecule has 1 fully saturated rings. The highest BCUT2D eigenvalue weighted by molar-refractivity contribution is 7.89. The second-order valence-electron chi connectivity index (χ2n) is 8.08. The van der Waals surface area contributed by atoms with Gasteiger partial charge >= 0.3 is 0 Å². The summed E-state index contributed by atoms with van der Waals surface area (Å²) in [6.45, 7) is 1.04. The van der Waals surface area contributed by atoms with E-state index in [1.165, 1.54) is 28.1 Å². The van der Waals surface area contributed by atoms with E-state index in [1.54, 1.807) is 0 Å². The molecule has 2 aliphatic rings. The van der Waals surface area contributed by atoms with E-state index in [-0.39, 0.29) is 27.4 Å². The molecular weight excluding hydrogens is 420 g/mol. The molecule has 2 aromatic carbocycles. The minimum absolute atomic E-state index is 0.0932. The van der Waals surface area contributed by atoms with Crippen molar-refractivity contribution < 1.29 is 13.2 Å². The molecule has 0 aromatic heterocycles. The van der Waals surface area contributed by atoms with Gasteiger partial charge in [-0.1, -0.05) is 48.7 Å². The Morgan fingerprint density at radius 1 is 1.00 bits per heavy atom. The molecule has 0 saturated carbocycles. The number of amides is 1. The van der Waals surface area contributed by atoms with Crippen molar-refractivity contribution in [1.82, 2.24) is 9.62 Å². The monoisotopic (exact) mass is 446 g/mol. The lowest BCUT2D eigenvalue weighted by Crippen LogP contribution is -2.33. The van der Waals surface area contributed by atoms with Crippen LogP contribution in [0.5, 0.6) is 0 Å². The van der Waals surface area contributed by atoms with Crippen LogP contribution >= 0.6 is 11.6 Å². The number of benzene rings is 2. The highest BCUT2D eigenvalue weighted by Crippen LogP contribution is 2.31. The Hall–Kier alpha value is -1.89. The van der Waals surface area contributed by atoms with Crippen molar-refractivity contribution in [3.8, 4) is 0 Å². The molecule has 160 valence electrons. The Bertz CT molecular complexity index is 1030. The maximum atomic E-state index is 13.1. The summed E-state index contributed by atoms with van der Waals surface area (Å²) in [4.78, 5) is 13.2. The van der Waals surface area contributed by atoms with Crippen LogP contribution in [0.1, 0.15) is 66.1 Å². The predicted molar refractivity (Wildman–Crippen MR) is 118 cm³/mol. The van der Waals surface area contributed by atoms with Crippen molar-refractivity contribution in [2.45, 2.75) is 55.9 Å². The van der Waals surface area contributed by atoms with Gasteiger partial charge in [0, 0.05) is 13.1 Å². The Morgan fingerprint density at radius 2 is 1.73 bits per heavy atom. The molecule has 7 heteroatoms. The molecule has 4 rings (SSSR count). The number of aryl methyl sites for hydroxylation is 1. The van der Waals surface area contributed by atoms with Crippen LogP contribution in [0.2, 0.25) is 5.02 Å². The summed E-state index contributed by atoms with van der Waals surface area (Å²) >= 11 is 6.30. The Kier molecular flexibility index (Phi) is 6.46. The Morgan fingerprint density at radius 3 is 2.50 bits per heavy atom. The van der Waals surface area contributed by atoms with Gasteiger partial charge < -0.3 is 5.32 Å². The third kappa shape index (κ3) is 4.41. The van der Waals surface area contributed by atoms with Crippen LogP contribution < -0.4 is 5.32 Å². The molecule has 30 heavy (non-hydrogen) atoms. The average molecular weight is 447 g/mol. The lowest BCUT2D eigenvalue weighted by Gasteiger charge is -2.26. The lowest BCUT2D eigenvalue weighted by molar-refractivity contribution is 0.0932. The summed E-state index contributed by atoms with van der Waals surface area (Å²) in [5.74, 6) is -0.338. The zero-order chi connectivity index (χ0) is 21.1. The summed E-state index contributed by atoms with van der Waals surface area (Å²) in [5, 5.41) is 3.32. The van der Waals surface area contributed by atoms with Gasteiger partial charge in [-0.3, -0.25) is 4.79 Å². The number of nitrogens with one attached hydrogen (secondary N) is 1. The van der Waals surface area contributed by atoms with Gasteiger partial charge in [-0.05, 0) is 61.4 Å². The fourth-order valence-corrected chi connectivity index (χ4v) is 6.16. The third-order valence-corrected chi connectivity index (χ3v) is 8.28. The second-order valence-corrected chi connectivity index (χ2v) is 10.4. The zero-order valence-corrected chi connectivity index (χ0v) is 18.5. The molecule has 1 aliphatic carbocycles. The van der Waals surface area contributed by atoms with Crippen molar-refractivity contribution >= 4 is 27.5 Å². The minimum atomic E-state index is -3.65. The van der Waals surface area contributed by atoms with Gasteiger partial charge in [-0.2, -0.15) is 4.31 Å². The van der Waals surface area contributed by atoms with E-state index in [9.17, 15) is 13.2 Å². The normalized spacial score (nSPS) is 20.2. The molecule has 1 heterocycles. The largest absolute Gasteiger partial charge is 0.345 e. The molecule has 1 aliphatic heterocycles. The number of rotatable bonds is 4. The second kappa shape index (κ2) is 9.08. The van der Waals surface area contributed by atoms with E-state index in [0.29, 0.717) is 13.1 Å². The van der Waals surface area contributed by atoms with Crippen LogP contribution in [-0.2, 0) is 16.4 Å². The first-order valence-corrected chi connectivity index (χ1v) is 12.5. The van der Waals surface area contributed by atoms with Crippen molar-refractivity contribution in [2.24, 2.45) is 0 Å². The summed E-state index contributed by atoms with van der Waals surface area (Å²) < 4.78 is 27.8. The first-order chi connectivity index (χ1) is 14.5. The lowest BCUT2D eigenvalue weighted by atomic mass is 9.87. The molecule has 0 radical (unpaired) electrons. The quantitative estimate of drug-likeness (QED) is 0.739. The van der Waals surface area contributed by atoms with E-state index < -0.39 is 10.0 Å². The topological polar surface area (TPSA) is 66.5 Å². The van der Waals surface area contributed by atoms with Crippen LogP contribution in [0.4, 0.5) is 0 Å². The molecule has 0 spiro atoms. The molecule has 1 unspecified atom stereocenters. The number of hydrogen-bond acceptors (Lipinski definition) is 3. The summed E-state index contributed by atoms with van der Waals surface area (Å²) in [6, 6.07) is 12.5. The van der Waals surface area contributed by atoms with Crippen LogP contribution in [0, 0.1) is 0 Å². The number of carbonyl (C=O) groups is 1. The summed E-state index contributed by atoms with van der Waals surface area (Å²) in [6.07, 6.45) is 6.67. The van der Waals surface area contributed by atoms with Crippen molar-refractivity contribution in [1.29, 1.82) is 0 Å². The Balaban J connectivity index is 1.58. The van der Waals surface area contributed by atoms with Crippen LogP contribution in [-0.4, -0.2) is 31.7 Å². The SMILES string of the molecule is O=C(NC1CCCc2ccccc21)c1cc(S(=O)(=O)N2CCCCCC2)ccc1Cl. The van der Waals surface area contributed by atoms with E-state index >= 15 is 0 Å². The van der Waals surface area contributed by atoms with Gasteiger partial charge in [0.15, 0.2) is 0 Å². The fourth-order valence-electron chi connectivity index (χ4n) is 4.41. The first-order valence-electron chi connectivity index (χ1n) is 10.7. The molecule has 1 saturated heterocycles. The van der Waals surface area contributed by atoms with Gasteiger partial charge in [-0.15, -0.1) is 0 Å². The zero-order valence-electron chi connectivity index (χ0n) is 16.9. The van der Waals surface area contributed by atoms with E-state index in [2.05, 4.69) is 11.4 Å². The van der Waals surface area contributed by atoms with Crippen molar-refractivity contribution in [3.05, 3.63) is 64.2 Å². The van der Waals surface area contributed by atoms with Gasteiger partial charge in [0.25, 0.3) is 5.91 Å². The maximum absolute atomic E-state index is 13.1. The van der Waals surface area contributed by atoms with Gasteiger partial charge in [0.2, 0.25) is 10.0 Å². The average Bonchev–Trinajstić information content (AvgIpc) is 3.04. The van der Waals surface area contributed by atoms with Crippen LogP contribution in [0.3, 0.4) is 0 Å². The van der Waals surface area contributed by atoms with Crippen molar-refractivity contribution in [2.75, 3.05) is 13.1 Å². The molecular formula is C23H27ClN2O3S. The summed E-state index contributed by atoms with van der Waals surface area (Å²) in [7, 11) is -3.65. The van der Waals surface area contributed by atoms with Gasteiger partial charge in [0.1, 0.15) is 0 Å². The molecule has 1 atom stereocenters. The van der Waals surface area contributed by atoms with Crippen molar-refractivity contribution in [3.63, 3.8) is 0 Å². The van der Waals surface area contributed by atoms with E-state index in [0.717, 1.165) is 50.5 Å². The molecule has 0 bridgehead atoms. The molecule has 1 amide bonds. The molecule has 1 N–H and O–H groups in total.